The van der Waals surface area contributed by atoms with Crippen LogP contribution in [0.5, 0.6) is 0 Å². The maximum atomic E-state index is 13.8. The van der Waals surface area contributed by atoms with Gasteiger partial charge in [-0.3, -0.25) is 9.59 Å². The lowest BCUT2D eigenvalue weighted by Crippen LogP contribution is -2.42. The van der Waals surface area contributed by atoms with Crippen LogP contribution in [0, 0.1) is 23.5 Å². The monoisotopic (exact) mass is 390 g/mol. The van der Waals surface area contributed by atoms with Crippen LogP contribution < -0.4 is 0 Å². The molecule has 1 aromatic heterocycles. The predicted molar refractivity (Wildman–Crippen MR) is 98.6 cm³/mol. The number of Topliss-reactive ketones (excluding diaryl/α,β-unsaturated/α-hetero) is 1. The van der Waals surface area contributed by atoms with E-state index in [1.807, 2.05) is 13.8 Å². The maximum Gasteiger partial charge on any atom is 0.276 e. The van der Waals surface area contributed by atoms with Gasteiger partial charge in [0.25, 0.3) is 5.91 Å². The Labute approximate surface area is 162 Å². The maximum absolute atomic E-state index is 13.8. The molecule has 2 aromatic rings. The molecule has 0 N–H and O–H groups in total. The molecule has 0 unspecified atom stereocenters. The predicted octanol–water partition coefficient (Wildman–Crippen LogP) is 3.07. The van der Waals surface area contributed by atoms with Crippen LogP contribution in [-0.4, -0.2) is 44.7 Å². The van der Waals surface area contributed by atoms with Gasteiger partial charge in [-0.2, -0.15) is 0 Å². The number of aromatic nitrogens is 3. The molecule has 0 bridgehead atoms. The van der Waals surface area contributed by atoms with Gasteiger partial charge in [0.1, 0.15) is 17.4 Å². The molecule has 0 radical (unpaired) electrons. The molecule has 6 nitrogen and oxygen atoms in total. The molecule has 28 heavy (non-hydrogen) atoms. The first-order chi connectivity index (χ1) is 13.3. The lowest BCUT2D eigenvalue weighted by Gasteiger charge is -2.31. The van der Waals surface area contributed by atoms with E-state index in [4.69, 9.17) is 0 Å². The van der Waals surface area contributed by atoms with Gasteiger partial charge in [-0.1, -0.05) is 25.1 Å². The van der Waals surface area contributed by atoms with E-state index in [-0.39, 0.29) is 41.3 Å². The number of rotatable bonds is 6. The van der Waals surface area contributed by atoms with Gasteiger partial charge in [0.15, 0.2) is 5.69 Å². The average molecular weight is 390 g/mol. The Morgan fingerprint density at radius 1 is 1.25 bits per heavy atom. The second kappa shape index (κ2) is 8.58. The largest absolute Gasteiger partial charge is 0.336 e. The molecular weight excluding hydrogens is 366 g/mol. The van der Waals surface area contributed by atoms with E-state index in [9.17, 15) is 18.4 Å². The van der Waals surface area contributed by atoms with Crippen LogP contribution in [0.2, 0.25) is 0 Å². The Bertz CT molecular complexity index is 845. The van der Waals surface area contributed by atoms with Crippen molar-refractivity contribution in [2.45, 2.75) is 39.7 Å². The zero-order valence-corrected chi connectivity index (χ0v) is 16.1. The minimum atomic E-state index is -0.675. The molecule has 8 heteroatoms. The molecule has 1 fully saturated rings. The summed E-state index contributed by atoms with van der Waals surface area (Å²) in [4.78, 5) is 26.7. The van der Waals surface area contributed by atoms with Crippen molar-refractivity contribution in [2.24, 2.45) is 11.8 Å². The number of benzene rings is 1. The van der Waals surface area contributed by atoms with Gasteiger partial charge in [0.05, 0.1) is 12.7 Å². The fraction of sp³-hybridized carbons (Fsp3) is 0.500. The van der Waals surface area contributed by atoms with Crippen LogP contribution in [0.3, 0.4) is 0 Å². The number of likely N-dealkylation sites (tertiary alicyclic amines) is 1. The molecule has 2 heterocycles. The highest BCUT2D eigenvalue weighted by Crippen LogP contribution is 2.22. The van der Waals surface area contributed by atoms with Crippen molar-refractivity contribution < 1.29 is 18.4 Å². The van der Waals surface area contributed by atoms with E-state index in [0.29, 0.717) is 19.5 Å². The summed E-state index contributed by atoms with van der Waals surface area (Å²) in [6.07, 6.45) is 3.44. The molecule has 1 saturated heterocycles. The van der Waals surface area contributed by atoms with Crippen molar-refractivity contribution in [1.82, 2.24) is 19.9 Å². The van der Waals surface area contributed by atoms with Crippen LogP contribution in [0.15, 0.2) is 24.4 Å². The molecule has 1 aromatic carbocycles. The second-order valence-electron chi connectivity index (χ2n) is 7.66. The van der Waals surface area contributed by atoms with Crippen LogP contribution >= 0.6 is 0 Å². The minimum absolute atomic E-state index is 0.105. The molecule has 1 aliphatic rings. The summed E-state index contributed by atoms with van der Waals surface area (Å²) in [5.74, 6) is -1.34. The van der Waals surface area contributed by atoms with E-state index in [2.05, 4.69) is 10.3 Å². The molecule has 0 saturated carbocycles. The first-order valence-electron chi connectivity index (χ1n) is 9.50. The Balaban J connectivity index is 1.67. The smallest absolute Gasteiger partial charge is 0.276 e. The lowest BCUT2D eigenvalue weighted by molar-refractivity contribution is -0.124. The fourth-order valence-corrected chi connectivity index (χ4v) is 3.47. The van der Waals surface area contributed by atoms with Crippen molar-refractivity contribution in [1.29, 1.82) is 0 Å². The summed E-state index contributed by atoms with van der Waals surface area (Å²) in [6, 6.07) is 3.63. The Hall–Kier alpha value is -2.64. The third-order valence-electron chi connectivity index (χ3n) is 4.91. The number of halogens is 2. The first-order valence-corrected chi connectivity index (χ1v) is 9.50. The molecule has 0 spiro atoms. The topological polar surface area (TPSA) is 68.1 Å². The third-order valence-corrected chi connectivity index (χ3v) is 4.91. The van der Waals surface area contributed by atoms with Gasteiger partial charge in [-0.15, -0.1) is 5.10 Å². The van der Waals surface area contributed by atoms with Crippen molar-refractivity contribution in [3.63, 3.8) is 0 Å². The molecule has 0 aliphatic carbocycles. The Morgan fingerprint density at radius 3 is 2.64 bits per heavy atom. The molecule has 1 aliphatic heterocycles. The van der Waals surface area contributed by atoms with Gasteiger partial charge >= 0.3 is 0 Å². The Kier molecular flexibility index (Phi) is 6.16. The fourth-order valence-electron chi connectivity index (χ4n) is 3.47. The number of carbonyl (C=O) groups excluding carboxylic acids is 2. The lowest BCUT2D eigenvalue weighted by atomic mass is 9.89. The summed E-state index contributed by atoms with van der Waals surface area (Å²) >= 11 is 0. The highest BCUT2D eigenvalue weighted by atomic mass is 19.1. The van der Waals surface area contributed by atoms with Crippen LogP contribution in [0.4, 0.5) is 8.78 Å². The van der Waals surface area contributed by atoms with E-state index in [0.717, 1.165) is 12.8 Å². The number of hydrogen-bond donors (Lipinski definition) is 0. The number of amides is 1. The Morgan fingerprint density at radius 2 is 1.96 bits per heavy atom. The van der Waals surface area contributed by atoms with Crippen molar-refractivity contribution in [3.8, 4) is 0 Å². The highest BCUT2D eigenvalue weighted by molar-refractivity contribution is 5.92. The van der Waals surface area contributed by atoms with E-state index >= 15 is 0 Å². The van der Waals surface area contributed by atoms with Gasteiger partial charge in [-0.25, -0.2) is 13.5 Å². The summed E-state index contributed by atoms with van der Waals surface area (Å²) in [5.41, 5.74) is -0.0302. The van der Waals surface area contributed by atoms with Crippen LogP contribution in [0.1, 0.15) is 49.2 Å². The van der Waals surface area contributed by atoms with E-state index < -0.39 is 11.6 Å². The average Bonchev–Trinajstić information content (AvgIpc) is 3.12. The highest BCUT2D eigenvalue weighted by Gasteiger charge is 2.30. The van der Waals surface area contributed by atoms with Crippen molar-refractivity contribution in [2.75, 3.05) is 13.1 Å². The molecule has 1 atom stereocenters. The first kappa shape index (κ1) is 20.1. The second-order valence-corrected chi connectivity index (χ2v) is 7.66. The summed E-state index contributed by atoms with van der Waals surface area (Å²) in [5, 5.41) is 7.68. The quantitative estimate of drug-likeness (QED) is 0.760. The van der Waals surface area contributed by atoms with Crippen molar-refractivity contribution in [3.05, 3.63) is 47.3 Å². The summed E-state index contributed by atoms with van der Waals surface area (Å²) in [7, 11) is 0. The van der Waals surface area contributed by atoms with Gasteiger partial charge in [0, 0.05) is 31.0 Å². The summed E-state index contributed by atoms with van der Waals surface area (Å²) in [6.45, 7) is 4.77. The van der Waals surface area contributed by atoms with Gasteiger partial charge in [-0.05, 0) is 30.9 Å². The molecule has 150 valence electrons. The number of piperidine rings is 1. The standard InChI is InChI=1S/C20H24F2N4O2/c1-13(2)9-19(27)14-5-4-8-25(10-14)20(28)18-12-26(24-23-18)11-15-16(21)6-3-7-17(15)22/h3,6-7,12-14H,4-5,8-11H2,1-2H3/t14-/m1/s1. The zero-order valence-electron chi connectivity index (χ0n) is 16.1. The number of ketones is 1. The number of hydrogen-bond acceptors (Lipinski definition) is 4. The normalized spacial score (nSPS) is 17.2. The number of nitrogens with zero attached hydrogens (tertiary/aromatic N) is 4. The van der Waals surface area contributed by atoms with Crippen LogP contribution in [0.25, 0.3) is 0 Å². The van der Waals surface area contributed by atoms with Gasteiger partial charge < -0.3 is 4.90 Å². The molecule has 1 amide bonds. The van der Waals surface area contributed by atoms with Crippen molar-refractivity contribution >= 4 is 11.7 Å². The summed E-state index contributed by atoms with van der Waals surface area (Å²) < 4.78 is 28.8. The molecule has 3 rings (SSSR count). The van der Waals surface area contributed by atoms with E-state index in [1.165, 1.54) is 29.1 Å². The third kappa shape index (κ3) is 4.61. The zero-order chi connectivity index (χ0) is 20.3. The van der Waals surface area contributed by atoms with E-state index in [1.54, 1.807) is 4.90 Å². The number of carbonyl (C=O) groups is 2. The molecular formula is C20H24F2N4O2. The van der Waals surface area contributed by atoms with Crippen LogP contribution in [-0.2, 0) is 11.3 Å². The minimum Gasteiger partial charge on any atom is -0.336 e. The SMILES string of the molecule is CC(C)CC(=O)[C@@H]1CCCN(C(=O)c2cn(Cc3c(F)cccc3F)nn2)C1. The van der Waals surface area contributed by atoms with Gasteiger partial charge in [0.2, 0.25) is 0 Å².